The first-order valence-electron chi connectivity index (χ1n) is 9.76. The normalized spacial score (nSPS) is 10.7. The van der Waals surface area contributed by atoms with Crippen molar-refractivity contribution in [3.8, 4) is 17.2 Å². The summed E-state index contributed by atoms with van der Waals surface area (Å²) >= 11 is 0. The lowest BCUT2D eigenvalue weighted by molar-refractivity contribution is -0.385. The van der Waals surface area contributed by atoms with Gasteiger partial charge in [0.25, 0.3) is 11.6 Å². The third-order valence-corrected chi connectivity index (χ3v) is 4.35. The summed E-state index contributed by atoms with van der Waals surface area (Å²) in [6, 6.07) is 11.4. The summed E-state index contributed by atoms with van der Waals surface area (Å²) in [6.45, 7) is 0.486. The molecule has 0 saturated carbocycles. The van der Waals surface area contributed by atoms with Crippen LogP contribution in [0.15, 0.2) is 52.9 Å². The molecule has 0 bridgehead atoms. The molecule has 0 aliphatic rings. The average Bonchev–Trinajstić information content (AvgIpc) is 3.23. The van der Waals surface area contributed by atoms with Gasteiger partial charge >= 0.3 is 6.61 Å². The fourth-order valence-corrected chi connectivity index (χ4v) is 2.89. The molecule has 1 aromatic heterocycles. The van der Waals surface area contributed by atoms with E-state index >= 15 is 0 Å². The number of carbonyl (C=O) groups is 1. The third kappa shape index (κ3) is 6.19. The van der Waals surface area contributed by atoms with Gasteiger partial charge in [0.05, 0.1) is 11.5 Å². The van der Waals surface area contributed by atoms with Gasteiger partial charge in [0.1, 0.15) is 18.1 Å². The number of furan rings is 1. The molecule has 1 heterocycles. The van der Waals surface area contributed by atoms with E-state index in [1.54, 1.807) is 19.9 Å². The Kier molecular flexibility index (Phi) is 7.44. The largest absolute Gasteiger partial charge is 0.490 e. The SMILES string of the molecule is CCOc1cc(NC(=O)c2ccc(COc3ccc([N+](=O)[O-])c(C)c3)o2)ccc1OC(F)F. The van der Waals surface area contributed by atoms with Crippen molar-refractivity contribution < 1.29 is 37.1 Å². The van der Waals surface area contributed by atoms with Crippen LogP contribution < -0.4 is 19.5 Å². The zero-order chi connectivity index (χ0) is 24.0. The quantitative estimate of drug-likeness (QED) is 0.320. The summed E-state index contributed by atoms with van der Waals surface area (Å²) in [5.41, 5.74) is 0.731. The van der Waals surface area contributed by atoms with Crippen molar-refractivity contribution in [2.45, 2.75) is 27.1 Å². The van der Waals surface area contributed by atoms with Crippen LogP contribution >= 0.6 is 0 Å². The van der Waals surface area contributed by atoms with Gasteiger partial charge in [0.15, 0.2) is 17.3 Å². The van der Waals surface area contributed by atoms with E-state index in [9.17, 15) is 23.7 Å². The lowest BCUT2D eigenvalue weighted by Gasteiger charge is -2.13. The van der Waals surface area contributed by atoms with E-state index in [2.05, 4.69) is 10.1 Å². The number of benzene rings is 2. The number of hydrogen-bond acceptors (Lipinski definition) is 7. The van der Waals surface area contributed by atoms with Crippen molar-refractivity contribution in [3.05, 3.63) is 75.7 Å². The molecule has 0 aliphatic carbocycles. The van der Waals surface area contributed by atoms with E-state index in [0.29, 0.717) is 22.8 Å². The van der Waals surface area contributed by atoms with Crippen molar-refractivity contribution in [1.82, 2.24) is 0 Å². The summed E-state index contributed by atoms with van der Waals surface area (Å²) in [4.78, 5) is 22.9. The molecule has 9 nitrogen and oxygen atoms in total. The number of nitrogens with one attached hydrogen (secondary N) is 1. The van der Waals surface area contributed by atoms with Crippen molar-refractivity contribution in [3.63, 3.8) is 0 Å². The lowest BCUT2D eigenvalue weighted by Crippen LogP contribution is -2.11. The summed E-state index contributed by atoms with van der Waals surface area (Å²) in [5.74, 6) is 0.102. The van der Waals surface area contributed by atoms with E-state index in [-0.39, 0.29) is 36.2 Å². The topological polar surface area (TPSA) is 113 Å². The number of nitrogens with zero attached hydrogens (tertiary/aromatic N) is 1. The molecule has 0 fully saturated rings. The van der Waals surface area contributed by atoms with E-state index in [0.717, 1.165) is 0 Å². The second-order valence-corrected chi connectivity index (χ2v) is 6.69. The van der Waals surface area contributed by atoms with Crippen molar-refractivity contribution in [2.24, 2.45) is 0 Å². The minimum atomic E-state index is -3.01. The molecular weight excluding hydrogens is 442 g/mol. The van der Waals surface area contributed by atoms with Crippen LogP contribution in [0.3, 0.4) is 0 Å². The fourth-order valence-electron chi connectivity index (χ4n) is 2.89. The molecule has 11 heteroatoms. The Labute approximate surface area is 187 Å². The van der Waals surface area contributed by atoms with Crippen molar-refractivity contribution in [2.75, 3.05) is 11.9 Å². The maximum atomic E-state index is 12.5. The van der Waals surface area contributed by atoms with Gasteiger partial charge in [-0.1, -0.05) is 0 Å². The second-order valence-electron chi connectivity index (χ2n) is 6.69. The van der Waals surface area contributed by atoms with E-state index in [4.69, 9.17) is 13.9 Å². The number of alkyl halides is 2. The molecule has 0 unspecified atom stereocenters. The zero-order valence-electron chi connectivity index (χ0n) is 17.7. The number of amides is 1. The first-order chi connectivity index (χ1) is 15.8. The molecule has 3 rings (SSSR count). The number of aryl methyl sites for hydroxylation is 1. The van der Waals surface area contributed by atoms with Gasteiger partial charge in [-0.15, -0.1) is 0 Å². The highest BCUT2D eigenvalue weighted by atomic mass is 19.3. The first kappa shape index (κ1) is 23.5. The number of anilines is 1. The number of nitro benzene ring substituents is 1. The average molecular weight is 462 g/mol. The van der Waals surface area contributed by atoms with Gasteiger partial charge in [-0.3, -0.25) is 14.9 Å². The lowest BCUT2D eigenvalue weighted by atomic mass is 10.2. The van der Waals surface area contributed by atoms with Crippen LogP contribution in [0.25, 0.3) is 0 Å². The van der Waals surface area contributed by atoms with Crippen LogP contribution in [0, 0.1) is 17.0 Å². The molecule has 1 amide bonds. The zero-order valence-corrected chi connectivity index (χ0v) is 17.7. The Morgan fingerprint density at radius 2 is 1.91 bits per heavy atom. The van der Waals surface area contributed by atoms with Gasteiger partial charge in [0, 0.05) is 23.4 Å². The molecule has 0 saturated heterocycles. The van der Waals surface area contributed by atoms with Crippen LogP contribution in [0.5, 0.6) is 17.2 Å². The van der Waals surface area contributed by atoms with Gasteiger partial charge < -0.3 is 23.9 Å². The highest BCUT2D eigenvalue weighted by Gasteiger charge is 2.16. The number of ether oxygens (including phenoxy) is 3. The number of nitro groups is 1. The molecule has 174 valence electrons. The Morgan fingerprint density at radius 1 is 1.12 bits per heavy atom. The summed E-state index contributed by atoms with van der Waals surface area (Å²) < 4.78 is 45.8. The number of carbonyl (C=O) groups excluding carboxylic acids is 1. The summed E-state index contributed by atoms with van der Waals surface area (Å²) in [5, 5.41) is 13.5. The predicted molar refractivity (Wildman–Crippen MR) is 113 cm³/mol. The Hall–Kier alpha value is -4.15. The Morgan fingerprint density at radius 3 is 2.58 bits per heavy atom. The molecule has 33 heavy (non-hydrogen) atoms. The maximum Gasteiger partial charge on any atom is 0.387 e. The van der Waals surface area contributed by atoms with Crippen molar-refractivity contribution in [1.29, 1.82) is 0 Å². The monoisotopic (exact) mass is 462 g/mol. The van der Waals surface area contributed by atoms with Gasteiger partial charge in [-0.25, -0.2) is 0 Å². The van der Waals surface area contributed by atoms with E-state index in [1.807, 2.05) is 0 Å². The molecular formula is C22H20F2N2O7. The second kappa shape index (κ2) is 10.4. The van der Waals surface area contributed by atoms with E-state index in [1.165, 1.54) is 42.5 Å². The molecule has 0 radical (unpaired) electrons. The van der Waals surface area contributed by atoms with Gasteiger partial charge in [-0.05, 0) is 50.2 Å². The number of hydrogen-bond donors (Lipinski definition) is 1. The molecule has 0 aliphatic heterocycles. The minimum Gasteiger partial charge on any atom is -0.490 e. The van der Waals surface area contributed by atoms with Gasteiger partial charge in [0.2, 0.25) is 0 Å². The number of rotatable bonds is 10. The van der Waals surface area contributed by atoms with Crippen LogP contribution in [-0.4, -0.2) is 24.0 Å². The van der Waals surface area contributed by atoms with Crippen LogP contribution in [0.4, 0.5) is 20.2 Å². The maximum absolute atomic E-state index is 12.5. The first-order valence-corrected chi connectivity index (χ1v) is 9.76. The predicted octanol–water partition coefficient (Wildman–Crippen LogP) is 5.33. The molecule has 1 N–H and O–H groups in total. The molecule has 0 atom stereocenters. The standard InChI is InChI=1S/C22H20F2N2O7/c1-3-30-20-11-14(4-8-18(20)33-22(23)24)25-21(27)19-9-6-16(32-19)12-31-15-5-7-17(26(28)29)13(2)10-15/h4-11,22H,3,12H2,1-2H3,(H,25,27). The summed E-state index contributed by atoms with van der Waals surface area (Å²) in [6.07, 6.45) is 0. The number of halogens is 2. The van der Waals surface area contributed by atoms with Crippen LogP contribution in [-0.2, 0) is 6.61 Å². The molecule has 0 spiro atoms. The smallest absolute Gasteiger partial charge is 0.387 e. The highest BCUT2D eigenvalue weighted by molar-refractivity contribution is 6.02. The minimum absolute atomic E-state index is 0.000605. The summed E-state index contributed by atoms with van der Waals surface area (Å²) in [7, 11) is 0. The van der Waals surface area contributed by atoms with Gasteiger partial charge in [-0.2, -0.15) is 8.78 Å². The fraction of sp³-hybridized carbons (Fsp3) is 0.227. The van der Waals surface area contributed by atoms with Crippen LogP contribution in [0.2, 0.25) is 0 Å². The third-order valence-electron chi connectivity index (χ3n) is 4.35. The van der Waals surface area contributed by atoms with E-state index < -0.39 is 17.4 Å². The Bertz CT molecular complexity index is 1150. The Balaban J connectivity index is 1.63. The van der Waals surface area contributed by atoms with Crippen LogP contribution in [0.1, 0.15) is 28.8 Å². The highest BCUT2D eigenvalue weighted by Crippen LogP contribution is 2.32. The van der Waals surface area contributed by atoms with Crippen molar-refractivity contribution >= 4 is 17.3 Å². The molecule has 3 aromatic rings. The molecule has 2 aromatic carbocycles.